The first-order valence-corrected chi connectivity index (χ1v) is 5.89. The van der Waals surface area contributed by atoms with Crippen molar-refractivity contribution in [1.82, 2.24) is 4.90 Å². The van der Waals surface area contributed by atoms with Gasteiger partial charge in [0.2, 0.25) is 0 Å². The first-order valence-electron chi connectivity index (χ1n) is 5.89. The highest BCUT2D eigenvalue weighted by Crippen LogP contribution is 2.53. The molecule has 76 valence electrons. The number of nitrogens with zero attached hydrogens (tertiary/aromatic N) is 1. The molecule has 0 radical (unpaired) electrons. The first-order chi connectivity index (χ1) is 6.15. The second-order valence-electron chi connectivity index (χ2n) is 5.56. The lowest BCUT2D eigenvalue weighted by Crippen LogP contribution is -2.63. The number of likely N-dealkylation sites (tertiary alicyclic amines) is 1. The lowest BCUT2D eigenvalue weighted by atomic mass is 9.56. The van der Waals surface area contributed by atoms with E-state index in [1.165, 1.54) is 38.8 Å². The Morgan fingerprint density at radius 3 is 2.38 bits per heavy atom. The van der Waals surface area contributed by atoms with Crippen LogP contribution >= 0.6 is 0 Å². The smallest absolute Gasteiger partial charge is 0.00534 e. The molecule has 0 aromatic carbocycles. The van der Waals surface area contributed by atoms with Gasteiger partial charge >= 0.3 is 0 Å². The lowest BCUT2D eigenvalue weighted by Gasteiger charge is -2.60. The summed E-state index contributed by atoms with van der Waals surface area (Å²) >= 11 is 0. The van der Waals surface area contributed by atoms with Crippen molar-refractivity contribution < 1.29 is 0 Å². The Morgan fingerprint density at radius 2 is 1.92 bits per heavy atom. The molecular weight excluding hydrogens is 158 g/mol. The van der Waals surface area contributed by atoms with Gasteiger partial charge in [-0.1, -0.05) is 19.8 Å². The summed E-state index contributed by atoms with van der Waals surface area (Å²) in [6.07, 6.45) is 5.92. The predicted octanol–water partition coefficient (Wildman–Crippen LogP) is 2.91. The van der Waals surface area contributed by atoms with Gasteiger partial charge in [0.05, 0.1) is 0 Å². The van der Waals surface area contributed by atoms with Crippen molar-refractivity contribution in [2.75, 3.05) is 13.1 Å². The fourth-order valence-corrected chi connectivity index (χ4v) is 3.22. The Bertz CT molecular complexity index is 172. The van der Waals surface area contributed by atoms with E-state index < -0.39 is 0 Å². The maximum Gasteiger partial charge on any atom is 0.00534 e. The number of rotatable bonds is 3. The van der Waals surface area contributed by atoms with E-state index in [-0.39, 0.29) is 0 Å². The summed E-state index contributed by atoms with van der Waals surface area (Å²) in [5.41, 5.74) is 0.796. The summed E-state index contributed by atoms with van der Waals surface area (Å²) in [4.78, 5) is 2.61. The molecule has 0 amide bonds. The van der Waals surface area contributed by atoms with Crippen molar-refractivity contribution in [2.45, 2.75) is 52.5 Å². The van der Waals surface area contributed by atoms with Gasteiger partial charge in [-0.05, 0) is 38.0 Å². The minimum Gasteiger partial charge on any atom is -0.300 e. The van der Waals surface area contributed by atoms with Gasteiger partial charge in [0.15, 0.2) is 0 Å². The molecule has 2 aliphatic rings. The standard InChI is InChI=1S/C12H23N/c1-4-5-11-6-12(7-11)8-13(9-12)10(2)3/h10-11H,4-9H2,1-3H3. The van der Waals surface area contributed by atoms with Crippen LogP contribution in [0.15, 0.2) is 0 Å². The van der Waals surface area contributed by atoms with E-state index >= 15 is 0 Å². The molecule has 0 bridgehead atoms. The lowest BCUT2D eigenvalue weighted by molar-refractivity contribution is -0.109. The molecule has 0 N–H and O–H groups in total. The first kappa shape index (κ1) is 9.51. The maximum absolute atomic E-state index is 2.61. The van der Waals surface area contributed by atoms with E-state index in [0.717, 1.165) is 17.4 Å². The van der Waals surface area contributed by atoms with Gasteiger partial charge in [0.25, 0.3) is 0 Å². The third-order valence-corrected chi connectivity index (χ3v) is 3.95. The van der Waals surface area contributed by atoms with Crippen LogP contribution in [0.5, 0.6) is 0 Å². The highest BCUT2D eigenvalue weighted by Gasteiger charge is 2.51. The van der Waals surface area contributed by atoms with Gasteiger partial charge in [-0.25, -0.2) is 0 Å². The fourth-order valence-electron chi connectivity index (χ4n) is 3.22. The molecule has 1 heterocycles. The average molecular weight is 181 g/mol. The van der Waals surface area contributed by atoms with E-state index in [2.05, 4.69) is 25.7 Å². The summed E-state index contributed by atoms with van der Waals surface area (Å²) in [5.74, 6) is 1.08. The van der Waals surface area contributed by atoms with Gasteiger partial charge in [0, 0.05) is 19.1 Å². The molecule has 0 aromatic rings. The molecule has 13 heavy (non-hydrogen) atoms. The van der Waals surface area contributed by atoms with Gasteiger partial charge in [-0.2, -0.15) is 0 Å². The second-order valence-corrected chi connectivity index (χ2v) is 5.56. The minimum absolute atomic E-state index is 0.774. The normalized spacial score (nSPS) is 27.7. The molecule has 1 aliphatic carbocycles. The zero-order valence-corrected chi connectivity index (χ0v) is 9.34. The molecule has 1 saturated heterocycles. The fraction of sp³-hybridized carbons (Fsp3) is 1.00. The van der Waals surface area contributed by atoms with Gasteiger partial charge in [-0.3, -0.25) is 4.90 Å². The molecule has 2 fully saturated rings. The quantitative estimate of drug-likeness (QED) is 0.647. The molecule has 1 aliphatic heterocycles. The molecule has 1 saturated carbocycles. The molecular formula is C12H23N. The Morgan fingerprint density at radius 1 is 1.31 bits per heavy atom. The highest BCUT2D eigenvalue weighted by atomic mass is 15.2. The molecule has 1 nitrogen and oxygen atoms in total. The Hall–Kier alpha value is -0.0400. The van der Waals surface area contributed by atoms with Gasteiger partial charge < -0.3 is 0 Å². The van der Waals surface area contributed by atoms with Crippen molar-refractivity contribution in [1.29, 1.82) is 0 Å². The third kappa shape index (κ3) is 1.63. The zero-order chi connectivity index (χ0) is 9.47. The Labute approximate surface area is 82.5 Å². The van der Waals surface area contributed by atoms with E-state index in [1.54, 1.807) is 0 Å². The van der Waals surface area contributed by atoms with E-state index in [9.17, 15) is 0 Å². The van der Waals surface area contributed by atoms with Crippen molar-refractivity contribution in [3.05, 3.63) is 0 Å². The van der Waals surface area contributed by atoms with Crippen LogP contribution in [0, 0.1) is 11.3 Å². The molecule has 0 atom stereocenters. The van der Waals surface area contributed by atoms with E-state index in [1.807, 2.05) is 0 Å². The summed E-state index contributed by atoms with van der Waals surface area (Å²) in [6.45, 7) is 9.73. The van der Waals surface area contributed by atoms with Crippen LogP contribution < -0.4 is 0 Å². The SMILES string of the molecule is CCCC1CC2(C1)CN(C(C)C)C2. The van der Waals surface area contributed by atoms with Crippen molar-refractivity contribution >= 4 is 0 Å². The Kier molecular flexibility index (Phi) is 2.39. The van der Waals surface area contributed by atoms with Crippen molar-refractivity contribution in [2.24, 2.45) is 11.3 Å². The van der Waals surface area contributed by atoms with Crippen LogP contribution in [0.3, 0.4) is 0 Å². The second kappa shape index (κ2) is 3.27. The van der Waals surface area contributed by atoms with Crippen LogP contribution in [0.4, 0.5) is 0 Å². The molecule has 1 heteroatoms. The average Bonchev–Trinajstić information content (AvgIpc) is 1.90. The molecule has 1 spiro atoms. The molecule has 0 unspecified atom stereocenters. The van der Waals surface area contributed by atoms with E-state index in [4.69, 9.17) is 0 Å². The molecule has 2 rings (SSSR count). The minimum atomic E-state index is 0.774. The largest absolute Gasteiger partial charge is 0.300 e. The van der Waals surface area contributed by atoms with Gasteiger partial charge in [-0.15, -0.1) is 0 Å². The van der Waals surface area contributed by atoms with Crippen molar-refractivity contribution in [3.8, 4) is 0 Å². The maximum atomic E-state index is 2.61. The zero-order valence-electron chi connectivity index (χ0n) is 9.34. The van der Waals surface area contributed by atoms with Crippen LogP contribution in [0.1, 0.15) is 46.5 Å². The topological polar surface area (TPSA) is 3.24 Å². The number of hydrogen-bond donors (Lipinski definition) is 0. The monoisotopic (exact) mass is 181 g/mol. The third-order valence-electron chi connectivity index (χ3n) is 3.95. The molecule has 0 aromatic heterocycles. The van der Waals surface area contributed by atoms with Gasteiger partial charge in [0.1, 0.15) is 0 Å². The predicted molar refractivity (Wildman–Crippen MR) is 56.8 cm³/mol. The van der Waals surface area contributed by atoms with E-state index in [0.29, 0.717) is 0 Å². The van der Waals surface area contributed by atoms with Crippen LogP contribution in [0.2, 0.25) is 0 Å². The summed E-state index contributed by atoms with van der Waals surface area (Å²) < 4.78 is 0. The summed E-state index contributed by atoms with van der Waals surface area (Å²) in [6, 6.07) is 0.774. The van der Waals surface area contributed by atoms with Crippen molar-refractivity contribution in [3.63, 3.8) is 0 Å². The van der Waals surface area contributed by atoms with Crippen LogP contribution in [-0.4, -0.2) is 24.0 Å². The summed E-state index contributed by atoms with van der Waals surface area (Å²) in [5, 5.41) is 0. The highest BCUT2D eigenvalue weighted by molar-refractivity contribution is 5.04. The number of hydrogen-bond acceptors (Lipinski definition) is 1. The Balaban J connectivity index is 1.70. The summed E-state index contributed by atoms with van der Waals surface area (Å²) in [7, 11) is 0. The van der Waals surface area contributed by atoms with Crippen LogP contribution in [-0.2, 0) is 0 Å². The van der Waals surface area contributed by atoms with Crippen LogP contribution in [0.25, 0.3) is 0 Å².